The number of benzene rings is 1. The third kappa shape index (κ3) is 4.26. The van der Waals surface area contributed by atoms with Crippen molar-refractivity contribution in [1.29, 1.82) is 0 Å². The third-order valence-corrected chi connectivity index (χ3v) is 3.79. The first-order valence-corrected chi connectivity index (χ1v) is 7.47. The molecule has 1 amide bonds. The van der Waals surface area contributed by atoms with E-state index in [9.17, 15) is 9.59 Å². The molecule has 2 rings (SSSR count). The van der Waals surface area contributed by atoms with Gasteiger partial charge in [0.2, 0.25) is 5.13 Å². The summed E-state index contributed by atoms with van der Waals surface area (Å²) in [6, 6.07) is 6.80. The van der Waals surface area contributed by atoms with Crippen LogP contribution in [0, 0.1) is 0 Å². The number of nitrogen functional groups attached to an aromatic ring is 1. The van der Waals surface area contributed by atoms with Crippen LogP contribution in [0.25, 0.3) is 0 Å². The molecule has 22 heavy (non-hydrogen) atoms. The molecule has 0 spiro atoms. The Bertz CT molecular complexity index is 672. The number of nitrogens with zero attached hydrogens (tertiary/aromatic N) is 2. The van der Waals surface area contributed by atoms with Crippen molar-refractivity contribution in [1.82, 2.24) is 10.2 Å². The van der Waals surface area contributed by atoms with Crippen LogP contribution in [0.3, 0.4) is 0 Å². The zero-order chi connectivity index (χ0) is 15.9. The van der Waals surface area contributed by atoms with Crippen molar-refractivity contribution in [2.24, 2.45) is 0 Å². The molecule has 0 fully saturated rings. The van der Waals surface area contributed by atoms with Gasteiger partial charge in [0.15, 0.2) is 0 Å². The Morgan fingerprint density at radius 3 is 2.82 bits per heavy atom. The van der Waals surface area contributed by atoms with Crippen molar-refractivity contribution in [2.45, 2.75) is 19.3 Å². The van der Waals surface area contributed by atoms with E-state index in [0.717, 1.165) is 5.01 Å². The molecule has 3 N–H and O–H groups in total. The molecule has 0 saturated heterocycles. The van der Waals surface area contributed by atoms with Crippen LogP contribution >= 0.6 is 11.3 Å². The standard InChI is InChI=1S/C14H16N4O3S/c1-21-12(19)8-4-7-11-17-18-14(22-11)16-13(20)9-5-2-3-6-10(9)15/h2-3,5-6H,4,7-8,15H2,1H3,(H,16,18,20). The SMILES string of the molecule is COC(=O)CCCc1nnc(NC(=O)c2ccccc2N)s1. The number of nitrogens with two attached hydrogens (primary N) is 1. The summed E-state index contributed by atoms with van der Waals surface area (Å²) < 4.78 is 4.57. The van der Waals surface area contributed by atoms with E-state index in [1.165, 1.54) is 18.4 Å². The van der Waals surface area contributed by atoms with Crippen LogP contribution in [0.2, 0.25) is 0 Å². The van der Waals surface area contributed by atoms with Crippen molar-refractivity contribution >= 4 is 34.0 Å². The molecule has 0 saturated carbocycles. The molecule has 0 unspecified atom stereocenters. The molecule has 0 aliphatic heterocycles. The van der Waals surface area contributed by atoms with E-state index in [-0.39, 0.29) is 11.9 Å². The normalized spacial score (nSPS) is 10.2. The van der Waals surface area contributed by atoms with Crippen molar-refractivity contribution in [2.75, 3.05) is 18.2 Å². The Labute approximate surface area is 131 Å². The van der Waals surface area contributed by atoms with Crippen LogP contribution in [0.15, 0.2) is 24.3 Å². The Hall–Kier alpha value is -2.48. The second kappa shape index (κ2) is 7.51. The lowest BCUT2D eigenvalue weighted by molar-refractivity contribution is -0.140. The molecule has 7 nitrogen and oxygen atoms in total. The number of aryl methyl sites for hydroxylation is 1. The van der Waals surface area contributed by atoms with Gasteiger partial charge in [0.1, 0.15) is 5.01 Å². The fourth-order valence-corrected chi connectivity index (χ4v) is 2.54. The van der Waals surface area contributed by atoms with E-state index < -0.39 is 0 Å². The fourth-order valence-electron chi connectivity index (χ4n) is 1.76. The number of methoxy groups -OCH3 is 1. The molecule has 0 aliphatic carbocycles. The lowest BCUT2D eigenvalue weighted by atomic mass is 10.2. The maximum atomic E-state index is 12.1. The average molecular weight is 320 g/mol. The van der Waals surface area contributed by atoms with Crippen molar-refractivity contribution < 1.29 is 14.3 Å². The number of carbonyl (C=O) groups excluding carboxylic acids is 2. The number of nitrogens with one attached hydrogen (secondary N) is 1. The maximum Gasteiger partial charge on any atom is 0.305 e. The average Bonchev–Trinajstić information content (AvgIpc) is 2.94. The molecule has 2 aromatic rings. The van der Waals surface area contributed by atoms with Gasteiger partial charge in [0.05, 0.1) is 12.7 Å². The predicted octanol–water partition coefficient (Wildman–Crippen LogP) is 1.87. The van der Waals surface area contributed by atoms with Crippen LogP contribution in [0.5, 0.6) is 0 Å². The highest BCUT2D eigenvalue weighted by Crippen LogP contribution is 2.19. The Kier molecular flexibility index (Phi) is 5.42. The van der Waals surface area contributed by atoms with Gasteiger partial charge in [-0.2, -0.15) is 0 Å². The van der Waals surface area contributed by atoms with Crippen LogP contribution in [0.1, 0.15) is 28.2 Å². The van der Waals surface area contributed by atoms with Crippen LogP contribution in [0.4, 0.5) is 10.8 Å². The first-order valence-electron chi connectivity index (χ1n) is 6.65. The number of para-hydroxylation sites is 1. The quantitative estimate of drug-likeness (QED) is 0.621. The Morgan fingerprint density at radius 2 is 2.09 bits per heavy atom. The molecule has 1 heterocycles. The van der Waals surface area contributed by atoms with E-state index in [1.54, 1.807) is 24.3 Å². The number of hydrogen-bond donors (Lipinski definition) is 2. The molecule has 0 bridgehead atoms. The summed E-state index contributed by atoms with van der Waals surface area (Å²) in [7, 11) is 1.36. The van der Waals surface area contributed by atoms with Crippen molar-refractivity contribution in [3.63, 3.8) is 0 Å². The zero-order valence-corrected chi connectivity index (χ0v) is 12.9. The zero-order valence-electron chi connectivity index (χ0n) is 12.0. The minimum Gasteiger partial charge on any atom is -0.469 e. The summed E-state index contributed by atoms with van der Waals surface area (Å²) in [4.78, 5) is 23.1. The van der Waals surface area contributed by atoms with Gasteiger partial charge in [-0.1, -0.05) is 23.5 Å². The van der Waals surface area contributed by atoms with Gasteiger partial charge in [-0.25, -0.2) is 0 Å². The third-order valence-electron chi connectivity index (χ3n) is 2.89. The van der Waals surface area contributed by atoms with E-state index in [1.807, 2.05) is 0 Å². The fraction of sp³-hybridized carbons (Fsp3) is 0.286. The predicted molar refractivity (Wildman–Crippen MR) is 83.7 cm³/mol. The second-order valence-electron chi connectivity index (χ2n) is 4.47. The van der Waals surface area contributed by atoms with E-state index >= 15 is 0 Å². The summed E-state index contributed by atoms with van der Waals surface area (Å²) in [6.07, 6.45) is 1.56. The number of ether oxygens (including phenoxy) is 1. The molecule has 0 aliphatic rings. The molecule has 1 aromatic carbocycles. The molecule has 1 aromatic heterocycles. The number of hydrogen-bond acceptors (Lipinski definition) is 7. The number of amides is 1. The highest BCUT2D eigenvalue weighted by atomic mass is 32.1. The smallest absolute Gasteiger partial charge is 0.305 e. The van der Waals surface area contributed by atoms with Crippen molar-refractivity contribution in [3.8, 4) is 0 Å². The molecule has 8 heteroatoms. The highest BCUT2D eigenvalue weighted by Gasteiger charge is 2.12. The number of rotatable bonds is 6. The summed E-state index contributed by atoms with van der Waals surface area (Å²) in [5, 5.41) is 11.7. The lowest BCUT2D eigenvalue weighted by Crippen LogP contribution is -2.13. The number of carbonyl (C=O) groups is 2. The topological polar surface area (TPSA) is 107 Å². The van der Waals surface area contributed by atoms with E-state index in [2.05, 4.69) is 20.3 Å². The van der Waals surface area contributed by atoms with Gasteiger partial charge in [-0.3, -0.25) is 14.9 Å². The van der Waals surface area contributed by atoms with Crippen LogP contribution < -0.4 is 11.1 Å². The lowest BCUT2D eigenvalue weighted by Gasteiger charge is -2.03. The summed E-state index contributed by atoms with van der Waals surface area (Å²) in [5.41, 5.74) is 6.55. The van der Waals surface area contributed by atoms with Crippen molar-refractivity contribution in [3.05, 3.63) is 34.8 Å². The Balaban J connectivity index is 1.90. The minimum absolute atomic E-state index is 0.252. The van der Waals surface area contributed by atoms with Gasteiger partial charge in [0, 0.05) is 18.5 Å². The largest absolute Gasteiger partial charge is 0.469 e. The molecule has 116 valence electrons. The van der Waals surface area contributed by atoms with Gasteiger partial charge in [-0.05, 0) is 18.6 Å². The Morgan fingerprint density at radius 1 is 1.32 bits per heavy atom. The van der Waals surface area contributed by atoms with E-state index in [0.29, 0.717) is 35.6 Å². The summed E-state index contributed by atoms with van der Waals surface area (Å²) in [5.74, 6) is -0.576. The number of aromatic nitrogens is 2. The summed E-state index contributed by atoms with van der Waals surface area (Å²) in [6.45, 7) is 0. The number of anilines is 2. The molecule has 0 atom stereocenters. The van der Waals surface area contributed by atoms with Crippen LogP contribution in [-0.4, -0.2) is 29.2 Å². The maximum absolute atomic E-state index is 12.1. The van der Waals surface area contributed by atoms with Gasteiger partial charge in [-0.15, -0.1) is 10.2 Å². The van der Waals surface area contributed by atoms with Crippen LogP contribution in [-0.2, 0) is 16.0 Å². The van der Waals surface area contributed by atoms with Gasteiger partial charge < -0.3 is 10.5 Å². The number of esters is 1. The highest BCUT2D eigenvalue weighted by molar-refractivity contribution is 7.15. The minimum atomic E-state index is -0.324. The monoisotopic (exact) mass is 320 g/mol. The molecular weight excluding hydrogens is 304 g/mol. The summed E-state index contributed by atoms with van der Waals surface area (Å²) >= 11 is 1.27. The first kappa shape index (κ1) is 15.9. The van der Waals surface area contributed by atoms with Gasteiger partial charge in [0.25, 0.3) is 5.91 Å². The molecular formula is C14H16N4O3S. The first-order chi connectivity index (χ1) is 10.6. The van der Waals surface area contributed by atoms with E-state index in [4.69, 9.17) is 5.73 Å². The second-order valence-corrected chi connectivity index (χ2v) is 5.53. The molecule has 0 radical (unpaired) electrons. The van der Waals surface area contributed by atoms with Gasteiger partial charge >= 0.3 is 5.97 Å².